The van der Waals surface area contributed by atoms with Crippen molar-refractivity contribution in [1.82, 2.24) is 10.2 Å². The van der Waals surface area contributed by atoms with Gasteiger partial charge in [-0.2, -0.15) is 0 Å². The third kappa shape index (κ3) is 8.77. The smallest absolute Gasteiger partial charge is 0.251 e. The van der Waals surface area contributed by atoms with Crippen molar-refractivity contribution in [3.05, 3.63) is 33.7 Å². The van der Waals surface area contributed by atoms with Crippen LogP contribution in [0.25, 0.3) is 12.8 Å². The van der Waals surface area contributed by atoms with Crippen LogP contribution in [0.4, 0.5) is 4.39 Å². The second-order valence-corrected chi connectivity index (χ2v) is 9.83. The maximum absolute atomic E-state index is 13.2. The van der Waals surface area contributed by atoms with E-state index >= 15 is 0 Å². The molecule has 1 aromatic carbocycles. The molecule has 0 spiro atoms. The zero-order valence-corrected chi connectivity index (χ0v) is 21.5. The van der Waals surface area contributed by atoms with Crippen LogP contribution in [-0.4, -0.2) is 49.3 Å². The van der Waals surface area contributed by atoms with E-state index in [0.29, 0.717) is 24.4 Å². The summed E-state index contributed by atoms with van der Waals surface area (Å²) < 4.78 is 19.4. The van der Waals surface area contributed by atoms with Crippen molar-refractivity contribution in [2.24, 2.45) is 5.92 Å². The van der Waals surface area contributed by atoms with Gasteiger partial charge < -0.3 is 15.0 Å². The second-order valence-electron chi connectivity index (χ2n) is 9.83. The minimum Gasteiger partial charge on any atom is -0.380 e. The Hall–Kier alpha value is -1.88. The predicted octanol–water partition coefficient (Wildman–Crippen LogP) is 4.57. The molecule has 1 amide bonds. The van der Waals surface area contributed by atoms with Crippen LogP contribution in [0, 0.1) is 5.92 Å². The molecule has 186 valence electrons. The molecule has 0 heterocycles. The molecular formula is C28H45FN2O2. The first-order chi connectivity index (χ1) is 15.7. The lowest BCUT2D eigenvalue weighted by molar-refractivity contribution is -0.0535. The van der Waals surface area contributed by atoms with Crippen LogP contribution < -0.4 is 15.8 Å². The third-order valence-corrected chi connectivity index (χ3v) is 6.75. The molecule has 0 aliphatic heterocycles. The van der Waals surface area contributed by atoms with Gasteiger partial charge in [0.15, 0.2) is 0 Å². The van der Waals surface area contributed by atoms with Gasteiger partial charge in [0.1, 0.15) is 0 Å². The van der Waals surface area contributed by atoms with Crippen molar-refractivity contribution in [2.45, 2.75) is 97.4 Å². The summed E-state index contributed by atoms with van der Waals surface area (Å²) in [6.45, 7) is 13.8. The molecule has 1 N–H and O–H groups in total. The fraction of sp³-hybridized carbons (Fsp3) is 0.679. The van der Waals surface area contributed by atoms with Crippen molar-refractivity contribution in [1.29, 1.82) is 0 Å². The van der Waals surface area contributed by atoms with Crippen molar-refractivity contribution >= 4 is 18.7 Å². The maximum Gasteiger partial charge on any atom is 0.251 e. The van der Waals surface area contributed by atoms with E-state index in [1.54, 1.807) is 6.92 Å². The van der Waals surface area contributed by atoms with Crippen LogP contribution in [0.5, 0.6) is 0 Å². The van der Waals surface area contributed by atoms with E-state index in [9.17, 15) is 9.18 Å². The van der Waals surface area contributed by atoms with Gasteiger partial charge in [0.2, 0.25) is 0 Å². The molecule has 4 nitrogen and oxygen atoms in total. The average Bonchev–Trinajstić information content (AvgIpc) is 2.74. The Balaban J connectivity index is 2.13. The zero-order valence-electron chi connectivity index (χ0n) is 21.5. The van der Waals surface area contributed by atoms with Gasteiger partial charge in [-0.15, -0.1) is 0 Å². The van der Waals surface area contributed by atoms with Crippen LogP contribution in [0.2, 0.25) is 0 Å². The molecule has 3 atom stereocenters. The lowest BCUT2D eigenvalue weighted by Crippen LogP contribution is -2.39. The molecule has 0 bridgehead atoms. The lowest BCUT2D eigenvalue weighted by Gasteiger charge is -2.31. The van der Waals surface area contributed by atoms with E-state index in [1.165, 1.54) is 6.42 Å². The molecule has 0 radical (unpaired) electrons. The summed E-state index contributed by atoms with van der Waals surface area (Å²) in [7, 11) is 2.08. The average molecular weight is 461 g/mol. The summed E-state index contributed by atoms with van der Waals surface area (Å²) in [5, 5.41) is 5.07. The fourth-order valence-corrected chi connectivity index (χ4v) is 4.29. The molecule has 0 aromatic heterocycles. The summed E-state index contributed by atoms with van der Waals surface area (Å²) in [6.07, 6.45) is 8.87. The van der Waals surface area contributed by atoms with E-state index in [-0.39, 0.29) is 18.1 Å². The van der Waals surface area contributed by atoms with E-state index in [1.807, 2.05) is 12.1 Å². The van der Waals surface area contributed by atoms with Gasteiger partial charge in [0, 0.05) is 37.1 Å². The minimum absolute atomic E-state index is 0.0668. The van der Waals surface area contributed by atoms with Crippen LogP contribution >= 0.6 is 0 Å². The molecular weight excluding hydrogens is 415 g/mol. The highest BCUT2D eigenvalue weighted by molar-refractivity contribution is 5.95. The Morgan fingerprint density at radius 1 is 1.30 bits per heavy atom. The summed E-state index contributed by atoms with van der Waals surface area (Å²) in [5.41, 5.74) is 1.73. The number of hydrogen-bond donors (Lipinski definition) is 1. The predicted molar refractivity (Wildman–Crippen MR) is 136 cm³/mol. The summed E-state index contributed by atoms with van der Waals surface area (Å²) in [6, 6.07) is 3.82. The number of amides is 1. The van der Waals surface area contributed by atoms with Gasteiger partial charge in [0.25, 0.3) is 5.91 Å². The SMILES string of the molecule is C=c1ccc(C(=O)NCC(CCCC(C)F)OC2CCC2)c(CC)/c1=C/N(C)CC(C)CC. The highest BCUT2D eigenvalue weighted by Crippen LogP contribution is 2.24. The molecule has 5 heteroatoms. The number of nitrogens with zero attached hydrogens (tertiary/aromatic N) is 1. The monoisotopic (exact) mass is 460 g/mol. The van der Waals surface area contributed by atoms with Crippen LogP contribution in [0.15, 0.2) is 12.1 Å². The summed E-state index contributed by atoms with van der Waals surface area (Å²) in [4.78, 5) is 15.4. The van der Waals surface area contributed by atoms with Crippen molar-refractivity contribution in [3.8, 4) is 0 Å². The molecule has 1 saturated carbocycles. The highest BCUT2D eigenvalue weighted by Gasteiger charge is 2.23. The van der Waals surface area contributed by atoms with E-state index in [4.69, 9.17) is 4.74 Å². The number of carbonyl (C=O) groups is 1. The first-order valence-corrected chi connectivity index (χ1v) is 12.9. The number of rotatable bonds is 14. The van der Waals surface area contributed by atoms with Crippen LogP contribution in [0.3, 0.4) is 0 Å². The number of ether oxygens (including phenoxy) is 1. The topological polar surface area (TPSA) is 41.6 Å². The Labute approximate surface area is 200 Å². The lowest BCUT2D eigenvalue weighted by atomic mass is 9.95. The van der Waals surface area contributed by atoms with Gasteiger partial charge in [-0.25, -0.2) is 4.39 Å². The molecule has 1 aliphatic carbocycles. The second kappa shape index (κ2) is 13.7. The Morgan fingerprint density at radius 2 is 2.03 bits per heavy atom. The number of carbonyl (C=O) groups excluding carboxylic acids is 1. The molecule has 0 saturated heterocycles. The number of nitrogens with one attached hydrogen (secondary N) is 1. The summed E-state index contributed by atoms with van der Waals surface area (Å²) >= 11 is 0. The van der Waals surface area contributed by atoms with E-state index in [2.05, 4.69) is 50.8 Å². The molecule has 1 fully saturated rings. The number of benzene rings is 1. The van der Waals surface area contributed by atoms with Gasteiger partial charge in [0.05, 0.1) is 18.4 Å². The minimum atomic E-state index is -0.801. The molecule has 33 heavy (non-hydrogen) atoms. The number of halogens is 1. The summed E-state index contributed by atoms with van der Waals surface area (Å²) in [5.74, 6) is 0.524. The first kappa shape index (κ1) is 27.4. The van der Waals surface area contributed by atoms with E-state index < -0.39 is 6.17 Å². The highest BCUT2D eigenvalue weighted by atomic mass is 19.1. The van der Waals surface area contributed by atoms with Gasteiger partial charge >= 0.3 is 0 Å². The quantitative estimate of drug-likeness (QED) is 0.442. The van der Waals surface area contributed by atoms with E-state index in [0.717, 1.165) is 61.1 Å². The fourth-order valence-electron chi connectivity index (χ4n) is 4.29. The van der Waals surface area contributed by atoms with Crippen molar-refractivity contribution in [3.63, 3.8) is 0 Å². The Morgan fingerprint density at radius 3 is 2.61 bits per heavy atom. The zero-order chi connectivity index (χ0) is 24.4. The Kier molecular flexibility index (Phi) is 11.4. The van der Waals surface area contributed by atoms with Crippen LogP contribution in [-0.2, 0) is 11.2 Å². The van der Waals surface area contributed by atoms with Crippen molar-refractivity contribution in [2.75, 3.05) is 20.1 Å². The maximum atomic E-state index is 13.2. The van der Waals surface area contributed by atoms with Crippen LogP contribution in [0.1, 0.15) is 88.6 Å². The van der Waals surface area contributed by atoms with Gasteiger partial charge in [-0.3, -0.25) is 4.79 Å². The molecule has 3 unspecified atom stereocenters. The first-order valence-electron chi connectivity index (χ1n) is 12.9. The van der Waals surface area contributed by atoms with Gasteiger partial charge in [-0.1, -0.05) is 39.8 Å². The Bertz CT molecular complexity index is 850. The number of alkyl halides is 1. The normalized spacial score (nSPS) is 17.3. The van der Waals surface area contributed by atoms with Gasteiger partial charge in [-0.05, 0) is 74.6 Å². The number of hydrogen-bond acceptors (Lipinski definition) is 3. The molecule has 1 aromatic rings. The third-order valence-electron chi connectivity index (χ3n) is 6.75. The largest absolute Gasteiger partial charge is 0.380 e. The van der Waals surface area contributed by atoms with Crippen molar-refractivity contribution < 1.29 is 13.9 Å². The standard InChI is InChI=1S/C28H45FN2O2/c1-7-20(3)18-31(6)19-27-21(4)15-16-26(25(27)8-2)28(32)30-17-24(14-9-11-22(5)29)33-23-12-10-13-23/h15-16,19-20,22-24H,4,7-14,17-18H2,1-3,5-6H3,(H,30,32)/b27-19+. The molecule has 2 rings (SSSR count). The molecule has 1 aliphatic rings.